The molecule has 0 amide bonds. The lowest BCUT2D eigenvalue weighted by atomic mass is 10.2. The summed E-state index contributed by atoms with van der Waals surface area (Å²) in [5.74, 6) is 0. The number of hydrogen-bond donors (Lipinski definition) is 1. The Labute approximate surface area is 102 Å². The minimum absolute atomic E-state index is 0.485. The molecule has 0 radical (unpaired) electrons. The number of rotatable bonds is 4. The Bertz CT molecular complexity index is 486. The third-order valence-corrected chi connectivity index (χ3v) is 2.60. The second-order valence-electron chi connectivity index (χ2n) is 4.63. The SMILES string of the molecule is Cc1cccc(-n2ccc(CNC(C)C)n2)c1. The molecule has 3 heteroatoms. The third-order valence-electron chi connectivity index (χ3n) is 2.60. The summed E-state index contributed by atoms with van der Waals surface area (Å²) in [5, 5.41) is 7.91. The quantitative estimate of drug-likeness (QED) is 0.873. The average molecular weight is 229 g/mol. The van der Waals surface area contributed by atoms with Gasteiger partial charge < -0.3 is 5.32 Å². The van der Waals surface area contributed by atoms with Crippen molar-refractivity contribution in [2.75, 3.05) is 0 Å². The number of benzene rings is 1. The van der Waals surface area contributed by atoms with Crippen LogP contribution in [0.25, 0.3) is 5.69 Å². The van der Waals surface area contributed by atoms with Gasteiger partial charge in [-0.25, -0.2) is 4.68 Å². The molecular formula is C14H19N3. The molecule has 90 valence electrons. The summed E-state index contributed by atoms with van der Waals surface area (Å²) in [6.07, 6.45) is 2.01. The molecule has 2 aromatic rings. The lowest BCUT2D eigenvalue weighted by Gasteiger charge is -2.05. The number of aromatic nitrogens is 2. The van der Waals surface area contributed by atoms with Gasteiger partial charge in [-0.1, -0.05) is 26.0 Å². The fourth-order valence-corrected chi connectivity index (χ4v) is 1.68. The summed E-state index contributed by atoms with van der Waals surface area (Å²) in [6, 6.07) is 10.9. The van der Waals surface area contributed by atoms with Gasteiger partial charge in [0, 0.05) is 18.8 Å². The normalized spacial score (nSPS) is 11.1. The molecule has 3 nitrogen and oxygen atoms in total. The molecule has 1 heterocycles. The van der Waals surface area contributed by atoms with Gasteiger partial charge in [-0.05, 0) is 30.7 Å². The van der Waals surface area contributed by atoms with E-state index in [0.717, 1.165) is 17.9 Å². The van der Waals surface area contributed by atoms with Crippen molar-refractivity contribution in [2.24, 2.45) is 0 Å². The van der Waals surface area contributed by atoms with Gasteiger partial charge >= 0.3 is 0 Å². The first-order valence-electron chi connectivity index (χ1n) is 6.00. The predicted octanol–water partition coefficient (Wildman–Crippen LogP) is 2.68. The second kappa shape index (κ2) is 5.15. The second-order valence-corrected chi connectivity index (χ2v) is 4.63. The van der Waals surface area contributed by atoms with Crippen molar-refractivity contribution in [3.8, 4) is 5.69 Å². The fourth-order valence-electron chi connectivity index (χ4n) is 1.68. The number of nitrogens with one attached hydrogen (secondary N) is 1. The van der Waals surface area contributed by atoms with Crippen LogP contribution in [0.2, 0.25) is 0 Å². The Morgan fingerprint density at radius 1 is 1.29 bits per heavy atom. The first kappa shape index (κ1) is 11.9. The van der Waals surface area contributed by atoms with Crippen molar-refractivity contribution in [3.05, 3.63) is 47.8 Å². The Balaban J connectivity index is 2.12. The third kappa shape index (κ3) is 3.17. The summed E-state index contributed by atoms with van der Waals surface area (Å²) < 4.78 is 1.92. The van der Waals surface area contributed by atoms with Crippen molar-refractivity contribution in [1.82, 2.24) is 15.1 Å². The molecule has 1 aromatic heterocycles. The van der Waals surface area contributed by atoms with Crippen LogP contribution in [0.5, 0.6) is 0 Å². The van der Waals surface area contributed by atoms with Crippen LogP contribution in [0, 0.1) is 6.92 Å². The van der Waals surface area contributed by atoms with Crippen LogP contribution in [-0.2, 0) is 6.54 Å². The first-order valence-corrected chi connectivity index (χ1v) is 6.00. The Morgan fingerprint density at radius 2 is 2.12 bits per heavy atom. The van der Waals surface area contributed by atoms with E-state index < -0.39 is 0 Å². The molecule has 0 saturated carbocycles. The van der Waals surface area contributed by atoms with Crippen molar-refractivity contribution < 1.29 is 0 Å². The lowest BCUT2D eigenvalue weighted by Crippen LogP contribution is -2.22. The Morgan fingerprint density at radius 3 is 2.82 bits per heavy atom. The highest BCUT2D eigenvalue weighted by atomic mass is 15.3. The van der Waals surface area contributed by atoms with E-state index in [-0.39, 0.29) is 0 Å². The maximum atomic E-state index is 4.55. The van der Waals surface area contributed by atoms with E-state index in [1.807, 2.05) is 10.9 Å². The van der Waals surface area contributed by atoms with Crippen molar-refractivity contribution in [2.45, 2.75) is 33.4 Å². The molecule has 17 heavy (non-hydrogen) atoms. The summed E-state index contributed by atoms with van der Waals surface area (Å²) in [5.41, 5.74) is 3.43. The number of nitrogens with zero attached hydrogens (tertiary/aromatic N) is 2. The van der Waals surface area contributed by atoms with Gasteiger partial charge in [0.05, 0.1) is 11.4 Å². The maximum Gasteiger partial charge on any atom is 0.0766 e. The van der Waals surface area contributed by atoms with E-state index in [9.17, 15) is 0 Å². The topological polar surface area (TPSA) is 29.9 Å². The van der Waals surface area contributed by atoms with Crippen LogP contribution < -0.4 is 5.32 Å². The number of aryl methyl sites for hydroxylation is 1. The van der Waals surface area contributed by atoms with Crippen LogP contribution in [0.4, 0.5) is 0 Å². The van der Waals surface area contributed by atoms with Gasteiger partial charge in [0.2, 0.25) is 0 Å². The van der Waals surface area contributed by atoms with Gasteiger partial charge in [-0.15, -0.1) is 0 Å². The van der Waals surface area contributed by atoms with Gasteiger partial charge in [0.1, 0.15) is 0 Å². The molecule has 0 spiro atoms. The zero-order valence-corrected chi connectivity index (χ0v) is 10.6. The molecule has 0 aliphatic heterocycles. The standard InChI is InChI=1S/C14H19N3/c1-11(2)15-10-13-7-8-17(16-13)14-6-4-5-12(3)9-14/h4-9,11,15H,10H2,1-3H3. The molecule has 0 saturated heterocycles. The maximum absolute atomic E-state index is 4.55. The number of hydrogen-bond acceptors (Lipinski definition) is 2. The molecule has 0 atom stereocenters. The zero-order chi connectivity index (χ0) is 12.3. The van der Waals surface area contributed by atoms with Crippen LogP contribution in [0.3, 0.4) is 0 Å². The van der Waals surface area contributed by atoms with Gasteiger partial charge in [-0.2, -0.15) is 5.10 Å². The van der Waals surface area contributed by atoms with Crippen molar-refractivity contribution >= 4 is 0 Å². The summed E-state index contributed by atoms with van der Waals surface area (Å²) >= 11 is 0. The molecule has 1 N–H and O–H groups in total. The van der Waals surface area contributed by atoms with Gasteiger partial charge in [0.25, 0.3) is 0 Å². The van der Waals surface area contributed by atoms with Gasteiger partial charge in [0.15, 0.2) is 0 Å². The summed E-state index contributed by atoms with van der Waals surface area (Å²) in [6.45, 7) is 7.18. The molecule has 0 fully saturated rings. The Kier molecular flexibility index (Phi) is 3.59. The molecule has 1 aromatic carbocycles. The van der Waals surface area contributed by atoms with E-state index in [1.165, 1.54) is 5.56 Å². The molecule has 2 rings (SSSR count). The molecular weight excluding hydrogens is 210 g/mol. The molecule has 0 aliphatic carbocycles. The Hall–Kier alpha value is -1.61. The highest BCUT2D eigenvalue weighted by Crippen LogP contribution is 2.09. The van der Waals surface area contributed by atoms with E-state index in [1.54, 1.807) is 0 Å². The van der Waals surface area contributed by atoms with Crippen molar-refractivity contribution in [3.63, 3.8) is 0 Å². The van der Waals surface area contributed by atoms with Gasteiger partial charge in [-0.3, -0.25) is 0 Å². The van der Waals surface area contributed by atoms with E-state index in [2.05, 4.69) is 61.5 Å². The van der Waals surface area contributed by atoms with E-state index in [4.69, 9.17) is 0 Å². The molecule has 0 unspecified atom stereocenters. The highest BCUT2D eigenvalue weighted by Gasteiger charge is 2.01. The van der Waals surface area contributed by atoms with Crippen LogP contribution in [0.15, 0.2) is 36.5 Å². The lowest BCUT2D eigenvalue weighted by molar-refractivity contribution is 0.578. The molecule has 0 bridgehead atoms. The zero-order valence-electron chi connectivity index (χ0n) is 10.6. The minimum Gasteiger partial charge on any atom is -0.309 e. The fraction of sp³-hybridized carbons (Fsp3) is 0.357. The van der Waals surface area contributed by atoms with Crippen LogP contribution >= 0.6 is 0 Å². The average Bonchev–Trinajstić information content (AvgIpc) is 2.75. The summed E-state index contributed by atoms with van der Waals surface area (Å²) in [4.78, 5) is 0. The van der Waals surface area contributed by atoms with Crippen molar-refractivity contribution in [1.29, 1.82) is 0 Å². The van der Waals surface area contributed by atoms with E-state index in [0.29, 0.717) is 6.04 Å². The van der Waals surface area contributed by atoms with E-state index >= 15 is 0 Å². The smallest absolute Gasteiger partial charge is 0.0766 e. The highest BCUT2D eigenvalue weighted by molar-refractivity contribution is 5.34. The summed E-state index contributed by atoms with van der Waals surface area (Å²) in [7, 11) is 0. The predicted molar refractivity (Wildman–Crippen MR) is 70.3 cm³/mol. The molecule has 0 aliphatic rings. The first-order chi connectivity index (χ1) is 8.15. The monoisotopic (exact) mass is 229 g/mol. The van der Waals surface area contributed by atoms with Crippen LogP contribution in [-0.4, -0.2) is 15.8 Å². The minimum atomic E-state index is 0.485. The largest absolute Gasteiger partial charge is 0.309 e. The van der Waals surface area contributed by atoms with Crippen LogP contribution in [0.1, 0.15) is 25.1 Å².